The molecule has 1 aliphatic heterocycles. The largest absolute Gasteiger partial charge is 0.478 e. The number of fused-ring (bicyclic) bond motifs is 1. The summed E-state index contributed by atoms with van der Waals surface area (Å²) in [6, 6.07) is 9.96. The fourth-order valence-electron chi connectivity index (χ4n) is 3.69. The Labute approximate surface area is 173 Å². The highest BCUT2D eigenvalue weighted by atomic mass is 16.5. The zero-order valence-electron chi connectivity index (χ0n) is 16.7. The van der Waals surface area contributed by atoms with Crippen LogP contribution in [0.4, 0.5) is 5.82 Å². The summed E-state index contributed by atoms with van der Waals surface area (Å²) in [5, 5.41) is 8.10. The van der Waals surface area contributed by atoms with Crippen LogP contribution in [0.25, 0.3) is 33.4 Å². The van der Waals surface area contributed by atoms with E-state index in [0.717, 1.165) is 52.3 Å². The molecular weight excluding hydrogens is 380 g/mol. The quantitative estimate of drug-likeness (QED) is 0.548. The van der Waals surface area contributed by atoms with Crippen LogP contribution in [0, 0.1) is 0 Å². The van der Waals surface area contributed by atoms with E-state index in [-0.39, 0.29) is 0 Å². The smallest absolute Gasteiger partial charge is 0.213 e. The van der Waals surface area contributed by atoms with Gasteiger partial charge < -0.3 is 14.4 Å². The van der Waals surface area contributed by atoms with Gasteiger partial charge in [-0.25, -0.2) is 9.97 Å². The van der Waals surface area contributed by atoms with Gasteiger partial charge in [0.05, 0.1) is 25.5 Å². The number of anilines is 1. The second kappa shape index (κ2) is 8.08. The maximum absolute atomic E-state index is 5.52. The highest BCUT2D eigenvalue weighted by Gasteiger charge is 2.19. The molecule has 1 saturated heterocycles. The number of nitrogens with zero attached hydrogens (tertiary/aromatic N) is 5. The fourth-order valence-corrected chi connectivity index (χ4v) is 3.69. The molecule has 0 aliphatic carbocycles. The third kappa shape index (κ3) is 3.46. The molecule has 0 aromatic carbocycles. The molecule has 1 fully saturated rings. The highest BCUT2D eigenvalue weighted by Crippen LogP contribution is 2.35. The maximum Gasteiger partial charge on any atom is 0.213 e. The van der Waals surface area contributed by atoms with Gasteiger partial charge in [0.2, 0.25) is 5.88 Å². The SMILES string of the molecule is CCOc1ccc(-c2cc(N3CCOCC3)nc3c(-c4ccn[nH]4)nccc23)cn1. The topological polar surface area (TPSA) is 89.0 Å². The second-order valence-corrected chi connectivity index (χ2v) is 6.97. The summed E-state index contributed by atoms with van der Waals surface area (Å²) < 4.78 is 11.0. The Morgan fingerprint density at radius 2 is 2.00 bits per heavy atom. The van der Waals surface area contributed by atoms with E-state index in [1.54, 1.807) is 12.4 Å². The molecule has 4 aromatic heterocycles. The molecule has 0 saturated carbocycles. The zero-order valence-corrected chi connectivity index (χ0v) is 16.7. The number of hydrogen-bond acceptors (Lipinski definition) is 7. The number of ether oxygens (including phenoxy) is 2. The molecule has 0 spiro atoms. The number of aromatic amines is 1. The Morgan fingerprint density at radius 1 is 1.10 bits per heavy atom. The third-order valence-corrected chi connectivity index (χ3v) is 5.14. The average Bonchev–Trinajstić information content (AvgIpc) is 3.34. The Balaban J connectivity index is 1.70. The number of aromatic nitrogens is 5. The van der Waals surface area contributed by atoms with Crippen molar-refractivity contribution in [1.82, 2.24) is 25.1 Å². The van der Waals surface area contributed by atoms with Gasteiger partial charge >= 0.3 is 0 Å². The van der Waals surface area contributed by atoms with Crippen LogP contribution < -0.4 is 9.64 Å². The zero-order chi connectivity index (χ0) is 20.3. The van der Waals surface area contributed by atoms with E-state index >= 15 is 0 Å². The summed E-state index contributed by atoms with van der Waals surface area (Å²) in [6.45, 7) is 5.54. The predicted octanol–water partition coefficient (Wildman–Crippen LogP) is 3.32. The van der Waals surface area contributed by atoms with Crippen molar-refractivity contribution in [3.8, 4) is 28.4 Å². The number of hydrogen-bond donors (Lipinski definition) is 1. The van der Waals surface area contributed by atoms with Gasteiger partial charge in [0.1, 0.15) is 17.0 Å². The lowest BCUT2D eigenvalue weighted by molar-refractivity contribution is 0.122. The van der Waals surface area contributed by atoms with Crippen molar-refractivity contribution in [2.75, 3.05) is 37.8 Å². The van der Waals surface area contributed by atoms with E-state index in [2.05, 4.69) is 31.1 Å². The minimum atomic E-state index is 0.588. The van der Waals surface area contributed by atoms with Gasteiger partial charge in [-0.15, -0.1) is 0 Å². The van der Waals surface area contributed by atoms with E-state index in [1.807, 2.05) is 37.4 Å². The predicted molar refractivity (Wildman–Crippen MR) is 115 cm³/mol. The van der Waals surface area contributed by atoms with Crippen LogP contribution in [-0.2, 0) is 4.74 Å². The molecule has 0 amide bonds. The molecule has 30 heavy (non-hydrogen) atoms. The fraction of sp³-hybridized carbons (Fsp3) is 0.273. The molecule has 0 atom stereocenters. The van der Waals surface area contributed by atoms with Crippen LogP contribution in [0.3, 0.4) is 0 Å². The second-order valence-electron chi connectivity index (χ2n) is 6.97. The van der Waals surface area contributed by atoms with Crippen LogP contribution in [-0.4, -0.2) is 58.1 Å². The van der Waals surface area contributed by atoms with Crippen molar-refractivity contribution >= 4 is 16.7 Å². The monoisotopic (exact) mass is 402 g/mol. The number of nitrogens with one attached hydrogen (secondary N) is 1. The number of rotatable bonds is 5. The summed E-state index contributed by atoms with van der Waals surface area (Å²) in [5.74, 6) is 1.52. The lowest BCUT2D eigenvalue weighted by atomic mass is 10.0. The van der Waals surface area contributed by atoms with Crippen molar-refractivity contribution in [3.05, 3.63) is 48.9 Å². The summed E-state index contributed by atoms with van der Waals surface area (Å²) >= 11 is 0. The number of H-pyrrole nitrogens is 1. The van der Waals surface area contributed by atoms with Crippen molar-refractivity contribution in [2.24, 2.45) is 0 Å². The lowest BCUT2D eigenvalue weighted by Crippen LogP contribution is -2.36. The van der Waals surface area contributed by atoms with Gasteiger partial charge in [-0.3, -0.25) is 10.1 Å². The molecular formula is C22H22N6O2. The Kier molecular flexibility index (Phi) is 4.98. The first-order chi connectivity index (χ1) is 14.8. The molecule has 0 unspecified atom stereocenters. The average molecular weight is 402 g/mol. The summed E-state index contributed by atoms with van der Waals surface area (Å²) in [4.78, 5) is 16.3. The lowest BCUT2D eigenvalue weighted by Gasteiger charge is -2.28. The first-order valence-corrected chi connectivity index (χ1v) is 10.0. The molecule has 1 N–H and O–H groups in total. The van der Waals surface area contributed by atoms with Crippen LogP contribution in [0.2, 0.25) is 0 Å². The molecule has 1 aliphatic rings. The first-order valence-electron chi connectivity index (χ1n) is 10.0. The molecule has 4 aromatic rings. The summed E-state index contributed by atoms with van der Waals surface area (Å²) in [7, 11) is 0. The molecule has 0 bridgehead atoms. The molecule has 8 heteroatoms. The Morgan fingerprint density at radius 3 is 2.73 bits per heavy atom. The molecule has 8 nitrogen and oxygen atoms in total. The first kappa shape index (κ1) is 18.5. The minimum Gasteiger partial charge on any atom is -0.478 e. The van der Waals surface area contributed by atoms with Gasteiger partial charge in [0.15, 0.2) is 0 Å². The molecule has 0 radical (unpaired) electrons. The highest BCUT2D eigenvalue weighted by molar-refractivity contribution is 6.01. The van der Waals surface area contributed by atoms with E-state index in [0.29, 0.717) is 25.7 Å². The normalized spacial score (nSPS) is 14.2. The van der Waals surface area contributed by atoms with Crippen LogP contribution in [0.1, 0.15) is 6.92 Å². The third-order valence-electron chi connectivity index (χ3n) is 5.14. The van der Waals surface area contributed by atoms with Gasteiger partial charge in [0, 0.05) is 48.7 Å². The van der Waals surface area contributed by atoms with Crippen molar-refractivity contribution in [3.63, 3.8) is 0 Å². The maximum atomic E-state index is 5.52. The number of morpholine rings is 1. The van der Waals surface area contributed by atoms with Gasteiger partial charge in [0.25, 0.3) is 0 Å². The standard InChI is InChI=1S/C22H22N6O2/c1-2-30-20-4-3-15(14-24-20)17-13-19(28-9-11-29-12-10-28)26-21-16(17)5-7-23-22(21)18-6-8-25-27-18/h3-8,13-14H,2,9-12H2,1H3,(H,25,27). The van der Waals surface area contributed by atoms with E-state index < -0.39 is 0 Å². The van der Waals surface area contributed by atoms with E-state index in [9.17, 15) is 0 Å². The van der Waals surface area contributed by atoms with Crippen molar-refractivity contribution in [2.45, 2.75) is 6.92 Å². The summed E-state index contributed by atoms with van der Waals surface area (Å²) in [6.07, 6.45) is 5.37. The molecule has 5 rings (SSSR count). The van der Waals surface area contributed by atoms with E-state index in [1.165, 1.54) is 0 Å². The van der Waals surface area contributed by atoms with E-state index in [4.69, 9.17) is 14.5 Å². The number of pyridine rings is 3. The van der Waals surface area contributed by atoms with Gasteiger partial charge in [-0.2, -0.15) is 5.10 Å². The minimum absolute atomic E-state index is 0.588. The van der Waals surface area contributed by atoms with Gasteiger partial charge in [-0.05, 0) is 36.8 Å². The van der Waals surface area contributed by atoms with Crippen molar-refractivity contribution in [1.29, 1.82) is 0 Å². The van der Waals surface area contributed by atoms with Crippen LogP contribution in [0.15, 0.2) is 48.9 Å². The molecule has 5 heterocycles. The van der Waals surface area contributed by atoms with Crippen LogP contribution in [0.5, 0.6) is 5.88 Å². The van der Waals surface area contributed by atoms with Crippen molar-refractivity contribution < 1.29 is 9.47 Å². The summed E-state index contributed by atoms with van der Waals surface area (Å²) in [5.41, 5.74) is 4.50. The van der Waals surface area contributed by atoms with Crippen LogP contribution >= 0.6 is 0 Å². The Hall–Kier alpha value is -3.52. The molecule has 152 valence electrons. The van der Waals surface area contributed by atoms with Gasteiger partial charge in [-0.1, -0.05) is 0 Å². The Bertz CT molecular complexity index is 1140.